The first-order valence-electron chi connectivity index (χ1n) is 5.91. The lowest BCUT2D eigenvalue weighted by Crippen LogP contribution is -2.23. The number of nitrogens with zero attached hydrogens (tertiary/aromatic N) is 4. The van der Waals surface area contributed by atoms with E-state index in [9.17, 15) is 10.0 Å². The van der Waals surface area contributed by atoms with Gasteiger partial charge in [0, 0.05) is 29.7 Å². The molecule has 0 aliphatic rings. The number of fused-ring (bicyclic) bond motifs is 1. The molecule has 3 rings (SSSR count). The monoisotopic (exact) mass is 266 g/mol. The maximum Gasteiger partial charge on any atom is 0.300 e. The summed E-state index contributed by atoms with van der Waals surface area (Å²) in [6.45, 7) is 1.62. The highest BCUT2D eigenvalue weighted by molar-refractivity contribution is 5.68. The van der Waals surface area contributed by atoms with Gasteiger partial charge in [0.15, 0.2) is 0 Å². The van der Waals surface area contributed by atoms with Gasteiger partial charge in [-0.3, -0.25) is 4.79 Å². The summed E-state index contributed by atoms with van der Waals surface area (Å²) in [5.74, 6) is 0. The van der Waals surface area contributed by atoms with E-state index in [1.54, 1.807) is 25.4 Å². The number of pyridine rings is 2. The molecule has 0 amide bonds. The number of aromatic nitrogens is 3. The summed E-state index contributed by atoms with van der Waals surface area (Å²) in [4.78, 5) is 15.8. The van der Waals surface area contributed by atoms with Crippen molar-refractivity contribution in [2.75, 3.05) is 0 Å². The van der Waals surface area contributed by atoms with Crippen LogP contribution < -0.4 is 5.56 Å². The summed E-state index contributed by atoms with van der Waals surface area (Å²) in [6, 6.07) is 6.94. The van der Waals surface area contributed by atoms with Gasteiger partial charge in [-0.1, -0.05) is 0 Å². The number of imidazole rings is 1. The average molecular weight is 266 g/mol. The second-order valence-corrected chi connectivity index (χ2v) is 4.40. The lowest BCUT2D eigenvalue weighted by atomic mass is 10.0. The summed E-state index contributed by atoms with van der Waals surface area (Å²) in [5.41, 5.74) is 1.78. The number of hydrogen-bond donors (Lipinski definition) is 1. The van der Waals surface area contributed by atoms with Crippen molar-refractivity contribution < 1.29 is 5.21 Å². The van der Waals surface area contributed by atoms with Crippen molar-refractivity contribution in [1.29, 1.82) is 5.26 Å². The highest BCUT2D eigenvalue weighted by Gasteiger charge is 2.13. The Kier molecular flexibility index (Phi) is 2.54. The molecule has 0 aliphatic carbocycles. The quantitative estimate of drug-likeness (QED) is 0.678. The van der Waals surface area contributed by atoms with Crippen LogP contribution in [0.1, 0.15) is 11.3 Å². The molecule has 0 saturated carbocycles. The second-order valence-electron chi connectivity index (χ2n) is 4.40. The van der Waals surface area contributed by atoms with E-state index in [0.29, 0.717) is 16.0 Å². The van der Waals surface area contributed by atoms with Gasteiger partial charge in [-0.05, 0) is 25.1 Å². The molecule has 0 bridgehead atoms. The van der Waals surface area contributed by atoms with E-state index < -0.39 is 5.56 Å². The van der Waals surface area contributed by atoms with Gasteiger partial charge in [0.25, 0.3) is 0 Å². The lowest BCUT2D eigenvalue weighted by Gasteiger charge is -2.10. The summed E-state index contributed by atoms with van der Waals surface area (Å²) < 4.78 is 2.33. The predicted octanol–water partition coefficient (Wildman–Crippen LogP) is 1.58. The van der Waals surface area contributed by atoms with Crippen LogP contribution in [0.2, 0.25) is 0 Å². The van der Waals surface area contributed by atoms with Crippen LogP contribution >= 0.6 is 0 Å². The van der Waals surface area contributed by atoms with Crippen molar-refractivity contribution >= 4 is 5.65 Å². The van der Waals surface area contributed by atoms with Crippen molar-refractivity contribution in [3.63, 3.8) is 0 Å². The molecule has 3 heterocycles. The third-order valence-corrected chi connectivity index (χ3v) is 3.24. The Labute approximate surface area is 113 Å². The molecule has 0 radical (unpaired) electrons. The number of nitriles is 1. The minimum atomic E-state index is -0.711. The van der Waals surface area contributed by atoms with Crippen LogP contribution in [-0.4, -0.2) is 19.3 Å². The first-order chi connectivity index (χ1) is 9.61. The molecule has 3 aromatic rings. The molecular weight excluding hydrogens is 256 g/mol. The molecule has 1 N–H and O–H groups in total. The molecule has 6 heteroatoms. The van der Waals surface area contributed by atoms with Crippen molar-refractivity contribution in [1.82, 2.24) is 14.1 Å². The summed E-state index contributed by atoms with van der Waals surface area (Å²) in [6.07, 6.45) is 5.31. The van der Waals surface area contributed by atoms with Crippen LogP contribution in [0.4, 0.5) is 0 Å². The maximum atomic E-state index is 11.7. The highest BCUT2D eigenvalue weighted by atomic mass is 16.5. The van der Waals surface area contributed by atoms with Crippen LogP contribution in [0.3, 0.4) is 0 Å². The molecule has 0 saturated heterocycles. The SMILES string of the molecule is Cc1c(-c2ccc3nccn3c2)cc(C#N)c(=O)n1O. The zero-order valence-corrected chi connectivity index (χ0v) is 10.6. The summed E-state index contributed by atoms with van der Waals surface area (Å²) in [5, 5.41) is 18.7. The molecular formula is C14H10N4O2. The fourth-order valence-electron chi connectivity index (χ4n) is 2.14. The Morgan fingerprint density at radius 3 is 2.95 bits per heavy atom. The third kappa shape index (κ3) is 1.65. The standard InChI is InChI=1S/C14H10N4O2/c1-9-12(6-11(7-15)14(19)18(9)20)10-2-3-13-16-4-5-17(13)8-10/h2-6,8,20H,1H3. The fraction of sp³-hybridized carbons (Fsp3) is 0.0714. The molecule has 0 unspecified atom stereocenters. The number of hydrogen-bond acceptors (Lipinski definition) is 4. The lowest BCUT2D eigenvalue weighted by molar-refractivity contribution is 0.168. The summed E-state index contributed by atoms with van der Waals surface area (Å²) >= 11 is 0. The molecule has 98 valence electrons. The van der Waals surface area contributed by atoms with E-state index in [2.05, 4.69) is 4.98 Å². The van der Waals surface area contributed by atoms with Crippen LogP contribution in [-0.2, 0) is 0 Å². The van der Waals surface area contributed by atoms with Crippen LogP contribution in [0.15, 0.2) is 41.6 Å². The van der Waals surface area contributed by atoms with E-state index in [1.807, 2.05) is 22.7 Å². The minimum Gasteiger partial charge on any atom is -0.425 e. The van der Waals surface area contributed by atoms with Crippen molar-refractivity contribution in [2.45, 2.75) is 6.92 Å². The zero-order chi connectivity index (χ0) is 14.3. The Morgan fingerprint density at radius 2 is 2.20 bits per heavy atom. The number of rotatable bonds is 1. The van der Waals surface area contributed by atoms with E-state index in [1.165, 1.54) is 6.07 Å². The Hall–Kier alpha value is -3.07. The minimum absolute atomic E-state index is 0.0983. The third-order valence-electron chi connectivity index (χ3n) is 3.24. The second kappa shape index (κ2) is 4.24. The van der Waals surface area contributed by atoms with Gasteiger partial charge in [0.1, 0.15) is 17.3 Å². The molecule has 3 aromatic heterocycles. The van der Waals surface area contributed by atoms with Crippen LogP contribution in [0.25, 0.3) is 16.8 Å². The van der Waals surface area contributed by atoms with Gasteiger partial charge < -0.3 is 9.61 Å². The summed E-state index contributed by atoms with van der Waals surface area (Å²) in [7, 11) is 0. The normalized spacial score (nSPS) is 10.6. The maximum absolute atomic E-state index is 11.7. The molecule has 0 aliphatic heterocycles. The van der Waals surface area contributed by atoms with Gasteiger partial charge >= 0.3 is 5.56 Å². The van der Waals surface area contributed by atoms with Crippen molar-refractivity contribution in [3.05, 3.63) is 58.4 Å². The van der Waals surface area contributed by atoms with Gasteiger partial charge in [0.2, 0.25) is 0 Å². The topological polar surface area (TPSA) is 83.3 Å². The Bertz CT molecular complexity index is 915. The average Bonchev–Trinajstić information content (AvgIpc) is 2.92. The van der Waals surface area contributed by atoms with Crippen molar-refractivity contribution in [3.8, 4) is 17.2 Å². The molecule has 0 aromatic carbocycles. The van der Waals surface area contributed by atoms with Gasteiger partial charge in [0.05, 0.1) is 5.69 Å². The smallest absolute Gasteiger partial charge is 0.300 e. The molecule has 0 spiro atoms. The molecule has 20 heavy (non-hydrogen) atoms. The van der Waals surface area contributed by atoms with Crippen molar-refractivity contribution in [2.24, 2.45) is 0 Å². The first kappa shape index (κ1) is 12.0. The predicted molar refractivity (Wildman–Crippen MR) is 71.5 cm³/mol. The van der Waals surface area contributed by atoms with E-state index in [4.69, 9.17) is 5.26 Å². The Balaban J connectivity index is 2.31. The van der Waals surface area contributed by atoms with Crippen LogP contribution in [0.5, 0.6) is 0 Å². The molecule has 0 fully saturated rings. The van der Waals surface area contributed by atoms with E-state index >= 15 is 0 Å². The highest BCUT2D eigenvalue weighted by Crippen LogP contribution is 2.23. The van der Waals surface area contributed by atoms with Gasteiger partial charge in [-0.25, -0.2) is 4.98 Å². The molecule has 6 nitrogen and oxygen atoms in total. The largest absolute Gasteiger partial charge is 0.425 e. The van der Waals surface area contributed by atoms with E-state index in [0.717, 1.165) is 11.2 Å². The fourth-order valence-corrected chi connectivity index (χ4v) is 2.14. The zero-order valence-electron chi connectivity index (χ0n) is 10.6. The van der Waals surface area contributed by atoms with E-state index in [-0.39, 0.29) is 5.56 Å². The van der Waals surface area contributed by atoms with Crippen LogP contribution in [0, 0.1) is 18.3 Å². The first-order valence-corrected chi connectivity index (χ1v) is 5.91. The van der Waals surface area contributed by atoms with Gasteiger partial charge in [-0.15, -0.1) is 0 Å². The van der Waals surface area contributed by atoms with Gasteiger partial charge in [-0.2, -0.15) is 9.99 Å². The Morgan fingerprint density at radius 1 is 1.40 bits per heavy atom. The molecule has 0 atom stereocenters.